The highest BCUT2D eigenvalue weighted by atomic mass is 16.5. The third-order valence-electron chi connectivity index (χ3n) is 5.49. The summed E-state index contributed by atoms with van der Waals surface area (Å²) in [6, 6.07) is 0. The molecule has 0 amide bonds. The van der Waals surface area contributed by atoms with Crippen LogP contribution >= 0.6 is 0 Å². The molecule has 3 nitrogen and oxygen atoms in total. The molecule has 2 rings (SSSR count). The molecule has 2 aliphatic heterocycles. The Morgan fingerprint density at radius 2 is 1.95 bits per heavy atom. The highest BCUT2D eigenvalue weighted by Crippen LogP contribution is 2.30. The number of nitrogens with one attached hydrogen (secondary N) is 1. The Morgan fingerprint density at radius 1 is 1.21 bits per heavy atom. The summed E-state index contributed by atoms with van der Waals surface area (Å²) in [5.74, 6) is 0. The molecule has 0 saturated carbocycles. The monoisotopic (exact) mass is 268 g/mol. The maximum atomic E-state index is 6.04. The molecule has 0 bridgehead atoms. The second kappa shape index (κ2) is 5.71. The Morgan fingerprint density at radius 3 is 2.47 bits per heavy atom. The normalized spacial score (nSPS) is 44.7. The smallest absolute Gasteiger partial charge is 0.0706 e. The first-order chi connectivity index (χ1) is 8.91. The standard InChI is InChI=1S/C16H32N2O/c1-6-15(4)12-18(16(5,7-2)11-17-15)10-14-9-8-13(3)19-14/h13-14,17H,6-12H2,1-5H3. The van der Waals surface area contributed by atoms with Crippen molar-refractivity contribution >= 4 is 0 Å². The predicted molar refractivity (Wildman–Crippen MR) is 80.5 cm³/mol. The van der Waals surface area contributed by atoms with Crippen LogP contribution in [-0.2, 0) is 4.74 Å². The molecule has 112 valence electrons. The van der Waals surface area contributed by atoms with Gasteiger partial charge in [-0.2, -0.15) is 0 Å². The summed E-state index contributed by atoms with van der Waals surface area (Å²) >= 11 is 0. The number of rotatable bonds is 4. The molecule has 0 spiro atoms. The average molecular weight is 268 g/mol. The Kier molecular flexibility index (Phi) is 4.59. The lowest BCUT2D eigenvalue weighted by atomic mass is 9.85. The van der Waals surface area contributed by atoms with Crippen molar-refractivity contribution in [3.63, 3.8) is 0 Å². The minimum atomic E-state index is 0.263. The molecule has 0 radical (unpaired) electrons. The SMILES string of the molecule is CCC1(C)CN(CC2CCC(C)O2)C(C)(CC)CN1. The van der Waals surface area contributed by atoms with Crippen LogP contribution in [0.1, 0.15) is 60.3 Å². The Labute approximate surface area is 119 Å². The van der Waals surface area contributed by atoms with Crippen molar-refractivity contribution in [2.24, 2.45) is 0 Å². The fourth-order valence-electron chi connectivity index (χ4n) is 3.32. The van der Waals surface area contributed by atoms with Gasteiger partial charge in [0.25, 0.3) is 0 Å². The Bertz CT molecular complexity index is 309. The van der Waals surface area contributed by atoms with E-state index in [9.17, 15) is 0 Å². The summed E-state index contributed by atoms with van der Waals surface area (Å²) in [6.07, 6.45) is 5.74. The van der Waals surface area contributed by atoms with Crippen LogP contribution in [0.3, 0.4) is 0 Å². The Hall–Kier alpha value is -0.120. The van der Waals surface area contributed by atoms with E-state index in [-0.39, 0.29) is 11.1 Å². The van der Waals surface area contributed by atoms with Crippen LogP contribution < -0.4 is 5.32 Å². The van der Waals surface area contributed by atoms with E-state index in [1.165, 1.54) is 25.7 Å². The van der Waals surface area contributed by atoms with E-state index < -0.39 is 0 Å². The van der Waals surface area contributed by atoms with Gasteiger partial charge in [0.05, 0.1) is 12.2 Å². The molecule has 0 aromatic rings. The minimum Gasteiger partial charge on any atom is -0.374 e. The molecule has 0 aromatic heterocycles. The van der Waals surface area contributed by atoms with Gasteiger partial charge in [-0.25, -0.2) is 0 Å². The minimum absolute atomic E-state index is 0.263. The second-order valence-electron chi connectivity index (χ2n) is 7.14. The molecular weight excluding hydrogens is 236 g/mol. The van der Waals surface area contributed by atoms with Crippen LogP contribution in [0, 0.1) is 0 Å². The third-order valence-corrected chi connectivity index (χ3v) is 5.49. The van der Waals surface area contributed by atoms with E-state index in [2.05, 4.69) is 44.8 Å². The third kappa shape index (κ3) is 3.32. The number of ether oxygens (including phenoxy) is 1. The van der Waals surface area contributed by atoms with Gasteiger partial charge in [0.1, 0.15) is 0 Å². The molecule has 0 aliphatic carbocycles. The summed E-state index contributed by atoms with van der Waals surface area (Å²) in [5, 5.41) is 3.77. The van der Waals surface area contributed by atoms with Gasteiger partial charge in [0.15, 0.2) is 0 Å². The van der Waals surface area contributed by atoms with Gasteiger partial charge >= 0.3 is 0 Å². The zero-order valence-corrected chi connectivity index (χ0v) is 13.5. The fourth-order valence-corrected chi connectivity index (χ4v) is 3.32. The van der Waals surface area contributed by atoms with Crippen molar-refractivity contribution < 1.29 is 4.74 Å². The maximum absolute atomic E-state index is 6.04. The highest BCUT2D eigenvalue weighted by molar-refractivity contribution is 5.01. The summed E-state index contributed by atoms with van der Waals surface area (Å²) in [5.41, 5.74) is 0.544. The van der Waals surface area contributed by atoms with Gasteiger partial charge in [0, 0.05) is 30.7 Å². The van der Waals surface area contributed by atoms with Crippen LogP contribution in [0.25, 0.3) is 0 Å². The molecule has 2 heterocycles. The first-order valence-corrected chi connectivity index (χ1v) is 8.06. The molecule has 4 unspecified atom stereocenters. The topological polar surface area (TPSA) is 24.5 Å². The van der Waals surface area contributed by atoms with Gasteiger partial charge in [-0.3, -0.25) is 4.90 Å². The molecule has 0 aromatic carbocycles. The van der Waals surface area contributed by atoms with Crippen molar-refractivity contribution in [1.82, 2.24) is 10.2 Å². The molecule has 3 heteroatoms. The summed E-state index contributed by atoms with van der Waals surface area (Å²) in [4.78, 5) is 2.69. The van der Waals surface area contributed by atoms with Crippen LogP contribution in [0.15, 0.2) is 0 Å². The predicted octanol–water partition coefficient (Wildman–Crippen LogP) is 2.80. The lowest BCUT2D eigenvalue weighted by Gasteiger charge is -2.52. The van der Waals surface area contributed by atoms with Crippen LogP contribution in [0.2, 0.25) is 0 Å². The first-order valence-electron chi connectivity index (χ1n) is 8.06. The van der Waals surface area contributed by atoms with Crippen molar-refractivity contribution in [2.75, 3.05) is 19.6 Å². The zero-order chi connectivity index (χ0) is 14.1. The number of hydrogen-bond donors (Lipinski definition) is 1. The van der Waals surface area contributed by atoms with Crippen LogP contribution in [0.5, 0.6) is 0 Å². The van der Waals surface area contributed by atoms with Crippen molar-refractivity contribution in [3.05, 3.63) is 0 Å². The lowest BCUT2D eigenvalue weighted by molar-refractivity contribution is -0.0334. The molecule has 4 atom stereocenters. The second-order valence-corrected chi connectivity index (χ2v) is 7.14. The number of hydrogen-bond acceptors (Lipinski definition) is 3. The van der Waals surface area contributed by atoms with Gasteiger partial charge < -0.3 is 10.1 Å². The quantitative estimate of drug-likeness (QED) is 0.848. The first kappa shape index (κ1) is 15.3. The number of piperazine rings is 1. The molecule has 19 heavy (non-hydrogen) atoms. The van der Waals surface area contributed by atoms with Crippen molar-refractivity contribution in [2.45, 2.75) is 83.6 Å². The lowest BCUT2D eigenvalue weighted by Crippen LogP contribution is -2.68. The van der Waals surface area contributed by atoms with E-state index >= 15 is 0 Å². The van der Waals surface area contributed by atoms with E-state index in [0.717, 1.165) is 19.6 Å². The zero-order valence-electron chi connectivity index (χ0n) is 13.5. The molecular formula is C16H32N2O. The van der Waals surface area contributed by atoms with E-state index in [1.54, 1.807) is 0 Å². The van der Waals surface area contributed by atoms with Crippen molar-refractivity contribution in [1.29, 1.82) is 0 Å². The molecule has 2 aliphatic rings. The van der Waals surface area contributed by atoms with Gasteiger partial charge in [0.2, 0.25) is 0 Å². The van der Waals surface area contributed by atoms with Gasteiger partial charge in [-0.15, -0.1) is 0 Å². The number of nitrogens with zero attached hydrogens (tertiary/aromatic N) is 1. The largest absolute Gasteiger partial charge is 0.374 e. The van der Waals surface area contributed by atoms with Gasteiger partial charge in [-0.1, -0.05) is 13.8 Å². The average Bonchev–Trinajstić information content (AvgIpc) is 2.80. The van der Waals surface area contributed by atoms with Crippen LogP contribution in [-0.4, -0.2) is 47.8 Å². The summed E-state index contributed by atoms with van der Waals surface area (Å²) in [7, 11) is 0. The highest BCUT2D eigenvalue weighted by Gasteiger charge is 2.42. The summed E-state index contributed by atoms with van der Waals surface area (Å²) in [6.45, 7) is 14.9. The fraction of sp³-hybridized carbons (Fsp3) is 1.00. The van der Waals surface area contributed by atoms with Crippen LogP contribution in [0.4, 0.5) is 0 Å². The summed E-state index contributed by atoms with van der Waals surface area (Å²) < 4.78 is 6.04. The van der Waals surface area contributed by atoms with E-state index in [1.807, 2.05) is 0 Å². The van der Waals surface area contributed by atoms with E-state index in [4.69, 9.17) is 4.74 Å². The van der Waals surface area contributed by atoms with E-state index in [0.29, 0.717) is 12.2 Å². The Balaban J connectivity index is 2.03. The van der Waals surface area contributed by atoms with Crippen molar-refractivity contribution in [3.8, 4) is 0 Å². The molecule has 2 saturated heterocycles. The van der Waals surface area contributed by atoms with Gasteiger partial charge in [-0.05, 0) is 46.5 Å². The molecule has 1 N–H and O–H groups in total. The molecule has 2 fully saturated rings. The maximum Gasteiger partial charge on any atom is 0.0706 e.